The largest absolute Gasteiger partial charge is 0.384 e. The van der Waals surface area contributed by atoms with Gasteiger partial charge >= 0.3 is 0 Å². The topological polar surface area (TPSA) is 62.3 Å². The number of rotatable bonds is 3. The molecule has 1 unspecified atom stereocenters. The van der Waals surface area contributed by atoms with E-state index in [9.17, 15) is 0 Å². The summed E-state index contributed by atoms with van der Waals surface area (Å²) >= 11 is 6.09. The van der Waals surface area contributed by atoms with Crippen LogP contribution in [-0.2, 0) is 4.74 Å². The summed E-state index contributed by atoms with van der Waals surface area (Å²) in [4.78, 5) is 2.23. The van der Waals surface area contributed by atoms with Crippen LogP contribution in [0.3, 0.4) is 0 Å². The number of ether oxygens (including phenoxy) is 1. The first-order chi connectivity index (χ1) is 8.11. The van der Waals surface area contributed by atoms with Crippen LogP contribution in [0.5, 0.6) is 0 Å². The summed E-state index contributed by atoms with van der Waals surface area (Å²) in [5, 5.41) is 7.90. The van der Waals surface area contributed by atoms with Gasteiger partial charge in [-0.2, -0.15) is 0 Å². The summed E-state index contributed by atoms with van der Waals surface area (Å²) in [7, 11) is 1.74. The van der Waals surface area contributed by atoms with Gasteiger partial charge < -0.3 is 15.4 Å². The number of anilines is 1. The predicted octanol–water partition coefficient (Wildman–Crippen LogP) is 1.85. The third kappa shape index (κ3) is 2.53. The third-order valence-corrected chi connectivity index (χ3v) is 3.40. The van der Waals surface area contributed by atoms with E-state index < -0.39 is 0 Å². The Morgan fingerprint density at radius 3 is 2.88 bits per heavy atom. The summed E-state index contributed by atoms with van der Waals surface area (Å²) in [5.74, 6) is -0.00209. The number of amidine groups is 1. The van der Waals surface area contributed by atoms with Gasteiger partial charge in [0.25, 0.3) is 0 Å². The van der Waals surface area contributed by atoms with Crippen molar-refractivity contribution in [2.45, 2.75) is 12.5 Å². The van der Waals surface area contributed by atoms with Crippen LogP contribution in [0.1, 0.15) is 12.0 Å². The maximum Gasteiger partial charge on any atom is 0.124 e. The maximum absolute atomic E-state index is 7.38. The molecule has 0 amide bonds. The number of hydrogen-bond donors (Lipinski definition) is 2. The Morgan fingerprint density at radius 2 is 2.35 bits per heavy atom. The van der Waals surface area contributed by atoms with Crippen molar-refractivity contribution in [1.29, 1.82) is 5.41 Å². The highest BCUT2D eigenvalue weighted by molar-refractivity contribution is 6.34. The van der Waals surface area contributed by atoms with Gasteiger partial charge in [-0.15, -0.1) is 0 Å². The molecule has 5 heteroatoms. The Bertz CT molecular complexity index is 436. The van der Waals surface area contributed by atoms with Crippen LogP contribution < -0.4 is 10.6 Å². The smallest absolute Gasteiger partial charge is 0.124 e. The zero-order valence-electron chi connectivity index (χ0n) is 9.74. The molecule has 4 nitrogen and oxygen atoms in total. The molecule has 0 aromatic heterocycles. The SMILES string of the molecule is COC1CCN(c2ccc(C(=N)N)c(Cl)c2)C1. The van der Waals surface area contributed by atoms with Gasteiger partial charge in [-0.3, -0.25) is 5.41 Å². The van der Waals surface area contributed by atoms with Gasteiger partial charge in [-0.1, -0.05) is 11.6 Å². The van der Waals surface area contributed by atoms with Crippen LogP contribution in [0.2, 0.25) is 5.02 Å². The van der Waals surface area contributed by atoms with E-state index in [4.69, 9.17) is 27.5 Å². The lowest BCUT2D eigenvalue weighted by Crippen LogP contribution is -2.22. The van der Waals surface area contributed by atoms with Crippen molar-refractivity contribution in [3.63, 3.8) is 0 Å². The Balaban J connectivity index is 2.18. The van der Waals surface area contributed by atoms with E-state index in [2.05, 4.69) is 4.90 Å². The predicted molar refractivity (Wildman–Crippen MR) is 70.1 cm³/mol. The zero-order valence-corrected chi connectivity index (χ0v) is 10.5. The van der Waals surface area contributed by atoms with Gasteiger partial charge in [-0.05, 0) is 24.6 Å². The molecule has 0 saturated carbocycles. The molecular formula is C12H16ClN3O. The van der Waals surface area contributed by atoms with Crippen molar-refractivity contribution in [3.8, 4) is 0 Å². The lowest BCUT2D eigenvalue weighted by Gasteiger charge is -2.19. The Hall–Kier alpha value is -1.26. The van der Waals surface area contributed by atoms with Crippen molar-refractivity contribution in [3.05, 3.63) is 28.8 Å². The number of nitrogen functional groups attached to an aromatic ring is 1. The molecule has 1 fully saturated rings. The van der Waals surface area contributed by atoms with E-state index in [-0.39, 0.29) is 5.84 Å². The lowest BCUT2D eigenvalue weighted by atomic mass is 10.2. The van der Waals surface area contributed by atoms with Crippen LogP contribution in [0.4, 0.5) is 5.69 Å². The van der Waals surface area contributed by atoms with Gasteiger partial charge in [0, 0.05) is 31.5 Å². The average Bonchev–Trinajstić information content (AvgIpc) is 2.76. The van der Waals surface area contributed by atoms with E-state index in [0.717, 1.165) is 25.2 Å². The van der Waals surface area contributed by atoms with Crippen molar-refractivity contribution < 1.29 is 4.74 Å². The Morgan fingerprint density at radius 1 is 1.59 bits per heavy atom. The minimum atomic E-state index is -0.00209. The van der Waals surface area contributed by atoms with Crippen LogP contribution in [0, 0.1) is 5.41 Å². The molecule has 1 aromatic rings. The molecule has 1 aliphatic heterocycles. The molecule has 0 aliphatic carbocycles. The molecular weight excluding hydrogens is 238 g/mol. The van der Waals surface area contributed by atoms with E-state index in [1.165, 1.54) is 0 Å². The number of halogens is 1. The normalized spacial score (nSPS) is 19.6. The highest BCUT2D eigenvalue weighted by Crippen LogP contribution is 2.26. The molecule has 0 bridgehead atoms. The minimum Gasteiger partial charge on any atom is -0.384 e. The third-order valence-electron chi connectivity index (χ3n) is 3.09. The molecule has 3 N–H and O–H groups in total. The molecule has 17 heavy (non-hydrogen) atoms. The number of nitrogens with zero attached hydrogens (tertiary/aromatic N) is 1. The maximum atomic E-state index is 7.38. The lowest BCUT2D eigenvalue weighted by molar-refractivity contribution is 0.121. The molecule has 92 valence electrons. The molecule has 1 atom stereocenters. The van der Waals surface area contributed by atoms with Gasteiger partial charge in [0.05, 0.1) is 11.1 Å². The second-order valence-electron chi connectivity index (χ2n) is 4.17. The first-order valence-electron chi connectivity index (χ1n) is 5.53. The summed E-state index contributed by atoms with van der Waals surface area (Å²) in [6.45, 7) is 1.85. The fourth-order valence-corrected chi connectivity index (χ4v) is 2.35. The van der Waals surface area contributed by atoms with E-state index in [1.807, 2.05) is 12.1 Å². The van der Waals surface area contributed by atoms with Crippen molar-refractivity contribution in [2.75, 3.05) is 25.1 Å². The van der Waals surface area contributed by atoms with Crippen molar-refractivity contribution >= 4 is 23.1 Å². The molecule has 1 saturated heterocycles. The minimum absolute atomic E-state index is 0.00209. The standard InChI is InChI=1S/C12H16ClN3O/c1-17-9-4-5-16(7-9)8-2-3-10(12(14)15)11(13)6-8/h2-3,6,9H,4-5,7H2,1H3,(H3,14,15). The van der Waals surface area contributed by atoms with E-state index in [0.29, 0.717) is 16.7 Å². The molecule has 2 rings (SSSR count). The summed E-state index contributed by atoms with van der Waals surface area (Å²) in [5.41, 5.74) is 7.06. The molecule has 0 spiro atoms. The second-order valence-corrected chi connectivity index (χ2v) is 4.58. The highest BCUT2D eigenvalue weighted by atomic mass is 35.5. The molecule has 0 radical (unpaired) electrons. The Kier molecular flexibility index (Phi) is 3.54. The molecule has 1 aromatic carbocycles. The monoisotopic (exact) mass is 253 g/mol. The van der Waals surface area contributed by atoms with Crippen molar-refractivity contribution in [1.82, 2.24) is 0 Å². The summed E-state index contributed by atoms with van der Waals surface area (Å²) < 4.78 is 5.33. The summed E-state index contributed by atoms with van der Waals surface area (Å²) in [6, 6.07) is 5.59. The van der Waals surface area contributed by atoms with Crippen LogP contribution in [-0.4, -0.2) is 32.1 Å². The highest BCUT2D eigenvalue weighted by Gasteiger charge is 2.22. The number of methoxy groups -OCH3 is 1. The fraction of sp³-hybridized carbons (Fsp3) is 0.417. The molecule has 1 heterocycles. The number of hydrogen-bond acceptors (Lipinski definition) is 3. The van der Waals surface area contributed by atoms with Crippen LogP contribution in [0.15, 0.2) is 18.2 Å². The average molecular weight is 254 g/mol. The zero-order chi connectivity index (χ0) is 12.4. The number of nitrogens with two attached hydrogens (primary N) is 1. The number of nitrogens with one attached hydrogen (secondary N) is 1. The summed E-state index contributed by atoms with van der Waals surface area (Å²) in [6.07, 6.45) is 1.32. The van der Waals surface area contributed by atoms with Gasteiger partial charge in [0.15, 0.2) is 0 Å². The van der Waals surface area contributed by atoms with Gasteiger partial charge in [-0.25, -0.2) is 0 Å². The second kappa shape index (κ2) is 4.94. The van der Waals surface area contributed by atoms with Crippen LogP contribution in [0.25, 0.3) is 0 Å². The van der Waals surface area contributed by atoms with E-state index in [1.54, 1.807) is 13.2 Å². The fourth-order valence-electron chi connectivity index (χ4n) is 2.07. The Labute approximate surface area is 106 Å². The number of benzene rings is 1. The van der Waals surface area contributed by atoms with Crippen LogP contribution >= 0.6 is 11.6 Å². The molecule has 1 aliphatic rings. The first-order valence-corrected chi connectivity index (χ1v) is 5.91. The first kappa shape index (κ1) is 12.2. The quantitative estimate of drug-likeness (QED) is 0.638. The van der Waals surface area contributed by atoms with Gasteiger partial charge in [0.1, 0.15) is 5.84 Å². The van der Waals surface area contributed by atoms with Crippen molar-refractivity contribution in [2.24, 2.45) is 5.73 Å². The van der Waals surface area contributed by atoms with E-state index >= 15 is 0 Å². The van der Waals surface area contributed by atoms with Gasteiger partial charge in [0.2, 0.25) is 0 Å².